The van der Waals surface area contributed by atoms with Crippen LogP contribution in [-0.2, 0) is 0 Å². The summed E-state index contributed by atoms with van der Waals surface area (Å²) in [7, 11) is 0. The van der Waals surface area contributed by atoms with Crippen molar-refractivity contribution in [2.45, 2.75) is 36.2 Å². The van der Waals surface area contributed by atoms with Crippen LogP contribution in [0, 0.1) is 0 Å². The average Bonchev–Trinajstić information content (AvgIpc) is 2.99. The van der Waals surface area contributed by atoms with Gasteiger partial charge in [-0.15, -0.1) is 0 Å². The summed E-state index contributed by atoms with van der Waals surface area (Å²) in [6, 6.07) is 0. The molecule has 2 saturated heterocycles. The van der Waals surface area contributed by atoms with E-state index in [2.05, 4.69) is 35.3 Å². The van der Waals surface area contributed by atoms with Gasteiger partial charge in [-0.25, -0.2) is 0 Å². The topological polar surface area (TPSA) is 0 Å². The Balaban J connectivity index is 1.28. The summed E-state index contributed by atoms with van der Waals surface area (Å²) in [6.07, 6.45) is 5.88. The Morgan fingerprint density at radius 3 is 1.77 bits per heavy atom. The lowest BCUT2D eigenvalue weighted by Gasteiger charge is -1.99. The predicted octanol–water partition coefficient (Wildman–Crippen LogP) is 3.51. The average molecular weight is 234 g/mol. The fourth-order valence-electron chi connectivity index (χ4n) is 1.40. The minimum Gasteiger partial charge on any atom is -0.162 e. The molecule has 0 nitrogen and oxygen atoms in total. The van der Waals surface area contributed by atoms with Crippen molar-refractivity contribution in [3.05, 3.63) is 0 Å². The second-order valence-corrected chi connectivity index (χ2v) is 7.70. The highest BCUT2D eigenvalue weighted by Gasteiger charge is 2.21. The molecule has 0 aromatic carbocycles. The molecule has 0 N–H and O–H groups in total. The van der Waals surface area contributed by atoms with Gasteiger partial charge in [0, 0.05) is 22.0 Å². The van der Waals surface area contributed by atoms with Crippen LogP contribution in [-0.4, -0.2) is 33.5 Å². The van der Waals surface area contributed by atoms with Gasteiger partial charge in [-0.05, 0) is 37.2 Å². The van der Waals surface area contributed by atoms with Crippen LogP contribution < -0.4 is 0 Å². The molecule has 2 heterocycles. The van der Waals surface area contributed by atoms with E-state index in [0.29, 0.717) is 0 Å². The first-order chi connectivity index (χ1) is 6.45. The maximum absolute atomic E-state index is 2.17. The van der Waals surface area contributed by atoms with E-state index >= 15 is 0 Å². The van der Waals surface area contributed by atoms with E-state index in [1.165, 1.54) is 48.7 Å². The van der Waals surface area contributed by atoms with E-state index < -0.39 is 0 Å². The van der Waals surface area contributed by atoms with Crippen LogP contribution >= 0.6 is 35.3 Å². The van der Waals surface area contributed by atoms with Gasteiger partial charge in [0.05, 0.1) is 0 Å². The van der Waals surface area contributed by atoms with Crippen molar-refractivity contribution in [1.29, 1.82) is 0 Å². The summed E-state index contributed by atoms with van der Waals surface area (Å²) in [4.78, 5) is 0. The van der Waals surface area contributed by atoms with Crippen molar-refractivity contribution in [3.63, 3.8) is 0 Å². The molecular weight excluding hydrogens is 216 g/mol. The van der Waals surface area contributed by atoms with Crippen molar-refractivity contribution in [3.8, 4) is 0 Å². The van der Waals surface area contributed by atoms with E-state index in [1.807, 2.05) is 0 Å². The second-order valence-electron chi connectivity index (χ2n) is 3.81. The van der Waals surface area contributed by atoms with Gasteiger partial charge in [0.15, 0.2) is 0 Å². The van der Waals surface area contributed by atoms with Gasteiger partial charge in [-0.1, -0.05) is 0 Å². The molecule has 3 heteroatoms. The summed E-state index contributed by atoms with van der Waals surface area (Å²) in [5.74, 6) is 5.72. The highest BCUT2D eigenvalue weighted by Crippen LogP contribution is 2.35. The zero-order chi connectivity index (χ0) is 8.93. The number of rotatable bonds is 8. The first-order valence-electron chi connectivity index (χ1n) is 5.26. The molecule has 0 aromatic heterocycles. The van der Waals surface area contributed by atoms with Crippen molar-refractivity contribution in [1.82, 2.24) is 0 Å². The van der Waals surface area contributed by atoms with Gasteiger partial charge in [0.2, 0.25) is 0 Å². The van der Waals surface area contributed by atoms with Gasteiger partial charge >= 0.3 is 0 Å². The number of hydrogen-bond donors (Lipinski definition) is 0. The normalized spacial score (nSPS) is 30.5. The molecular formula is C10H18S3. The second kappa shape index (κ2) is 5.82. The van der Waals surface area contributed by atoms with Crippen LogP contribution in [0.4, 0.5) is 0 Å². The largest absolute Gasteiger partial charge is 0.162 e. The lowest BCUT2D eigenvalue weighted by molar-refractivity contribution is 0.825. The molecule has 0 radical (unpaired) electrons. The Bertz CT molecular complexity index is 125. The van der Waals surface area contributed by atoms with Crippen molar-refractivity contribution < 1.29 is 0 Å². The summed E-state index contributed by atoms with van der Waals surface area (Å²) in [5.41, 5.74) is 0. The van der Waals surface area contributed by atoms with Crippen molar-refractivity contribution >= 4 is 35.3 Å². The molecule has 0 aliphatic carbocycles. The van der Waals surface area contributed by atoms with Crippen LogP contribution in [0.25, 0.3) is 0 Å². The Morgan fingerprint density at radius 1 is 0.923 bits per heavy atom. The third-order valence-corrected chi connectivity index (χ3v) is 5.67. The van der Waals surface area contributed by atoms with Crippen LogP contribution in [0.3, 0.4) is 0 Å². The van der Waals surface area contributed by atoms with Crippen LogP contribution in [0.15, 0.2) is 0 Å². The molecule has 2 unspecified atom stereocenters. The SMILES string of the molecule is C(CSCCCC1CS1)CC1CS1. The minimum atomic E-state index is 1.06. The fraction of sp³-hybridized carbons (Fsp3) is 1.00. The Morgan fingerprint density at radius 2 is 1.38 bits per heavy atom. The molecule has 13 heavy (non-hydrogen) atoms. The molecule has 2 atom stereocenters. The van der Waals surface area contributed by atoms with Crippen LogP contribution in [0.2, 0.25) is 0 Å². The molecule has 0 saturated carbocycles. The van der Waals surface area contributed by atoms with Crippen LogP contribution in [0.5, 0.6) is 0 Å². The standard InChI is InChI=1S/C10H18S3/c1(3-9-7-12-9)5-11-6-2-4-10-8-13-10/h9-10H,1-8H2. The van der Waals surface area contributed by atoms with Crippen molar-refractivity contribution in [2.75, 3.05) is 23.0 Å². The van der Waals surface area contributed by atoms with Crippen molar-refractivity contribution in [2.24, 2.45) is 0 Å². The number of thioether (sulfide) groups is 3. The first kappa shape index (κ1) is 10.6. The third-order valence-electron chi connectivity index (χ3n) is 2.43. The molecule has 2 aliphatic heterocycles. The zero-order valence-electron chi connectivity index (χ0n) is 8.04. The maximum Gasteiger partial charge on any atom is 0.0138 e. The quantitative estimate of drug-likeness (QED) is 0.466. The van der Waals surface area contributed by atoms with E-state index in [1.54, 1.807) is 0 Å². The zero-order valence-corrected chi connectivity index (χ0v) is 10.5. The third kappa shape index (κ3) is 5.48. The summed E-state index contributed by atoms with van der Waals surface area (Å²) in [5, 5.41) is 2.12. The molecule has 0 bridgehead atoms. The van der Waals surface area contributed by atoms with E-state index in [4.69, 9.17) is 0 Å². The molecule has 2 aliphatic rings. The van der Waals surface area contributed by atoms with E-state index in [-0.39, 0.29) is 0 Å². The number of hydrogen-bond acceptors (Lipinski definition) is 3. The van der Waals surface area contributed by atoms with Crippen LogP contribution in [0.1, 0.15) is 25.7 Å². The van der Waals surface area contributed by atoms with Gasteiger partial charge in [-0.3, -0.25) is 0 Å². The maximum atomic E-state index is 2.17. The Hall–Kier alpha value is 1.05. The highest BCUT2D eigenvalue weighted by atomic mass is 32.2. The lowest BCUT2D eigenvalue weighted by Crippen LogP contribution is -1.90. The first-order valence-corrected chi connectivity index (χ1v) is 8.51. The van der Waals surface area contributed by atoms with Gasteiger partial charge in [-0.2, -0.15) is 35.3 Å². The lowest BCUT2D eigenvalue weighted by atomic mass is 10.3. The molecule has 2 rings (SSSR count). The smallest absolute Gasteiger partial charge is 0.0138 e. The Labute approximate surface area is 94.4 Å². The Kier molecular flexibility index (Phi) is 4.73. The molecule has 0 spiro atoms. The van der Waals surface area contributed by atoms with Gasteiger partial charge in [0.25, 0.3) is 0 Å². The van der Waals surface area contributed by atoms with Gasteiger partial charge < -0.3 is 0 Å². The fourth-order valence-corrected chi connectivity index (χ4v) is 3.62. The molecule has 76 valence electrons. The monoisotopic (exact) mass is 234 g/mol. The molecule has 2 fully saturated rings. The predicted molar refractivity (Wildman–Crippen MR) is 68.3 cm³/mol. The summed E-state index contributed by atoms with van der Waals surface area (Å²) >= 11 is 6.45. The summed E-state index contributed by atoms with van der Waals surface area (Å²) < 4.78 is 0. The molecule has 0 aromatic rings. The molecule has 0 amide bonds. The van der Waals surface area contributed by atoms with E-state index in [9.17, 15) is 0 Å². The highest BCUT2D eigenvalue weighted by molar-refractivity contribution is 8.07. The minimum absolute atomic E-state index is 1.06. The van der Waals surface area contributed by atoms with E-state index in [0.717, 1.165) is 10.5 Å². The van der Waals surface area contributed by atoms with Gasteiger partial charge in [0.1, 0.15) is 0 Å². The summed E-state index contributed by atoms with van der Waals surface area (Å²) in [6.45, 7) is 0.